The minimum atomic E-state index is -3.04. The average molecular weight is 568 g/mol. The van der Waals surface area contributed by atoms with Crippen molar-refractivity contribution in [2.75, 3.05) is 0 Å². The number of carboxylic acids is 1. The number of Topliss-reactive ketones (excluding diaryl/α,β-unsaturated/α-hetero) is 1. The summed E-state index contributed by atoms with van der Waals surface area (Å²) in [7, 11) is 0. The SMILES string of the molecule is CCC(C)[C@H](NC(=O)OCc1ccccc1)C(=O)N[C@@H](CC1CCCCC1)C(=O)NC(CC(F)F)C(=O)C(=O)O. The fourth-order valence-corrected chi connectivity index (χ4v) is 4.67. The molecular formula is C28H39F2N3O7. The summed E-state index contributed by atoms with van der Waals surface area (Å²) in [5, 5.41) is 16.3. The second-order valence-electron chi connectivity index (χ2n) is 10.2. The van der Waals surface area contributed by atoms with Gasteiger partial charge < -0.3 is 25.8 Å². The number of carboxylic acid groups (broad SMARTS) is 1. The Morgan fingerprint density at radius 3 is 2.15 bits per heavy atom. The van der Waals surface area contributed by atoms with Gasteiger partial charge in [-0.25, -0.2) is 18.4 Å². The van der Waals surface area contributed by atoms with Crippen LogP contribution < -0.4 is 16.0 Å². The van der Waals surface area contributed by atoms with Crippen LogP contribution in [0.5, 0.6) is 0 Å². The molecule has 0 aromatic heterocycles. The van der Waals surface area contributed by atoms with Gasteiger partial charge in [0.25, 0.3) is 5.78 Å². The van der Waals surface area contributed by atoms with E-state index in [0.717, 1.165) is 37.7 Å². The molecule has 1 saturated carbocycles. The van der Waals surface area contributed by atoms with E-state index in [2.05, 4.69) is 16.0 Å². The van der Waals surface area contributed by atoms with Crippen molar-refractivity contribution in [1.29, 1.82) is 0 Å². The molecule has 1 aliphatic rings. The summed E-state index contributed by atoms with van der Waals surface area (Å²) >= 11 is 0. The number of carbonyl (C=O) groups is 5. The van der Waals surface area contributed by atoms with Crippen molar-refractivity contribution in [3.8, 4) is 0 Å². The number of ketones is 1. The molecule has 2 unspecified atom stereocenters. The van der Waals surface area contributed by atoms with Gasteiger partial charge in [-0.05, 0) is 23.8 Å². The van der Waals surface area contributed by atoms with Crippen LogP contribution in [-0.2, 0) is 30.5 Å². The number of alkyl halides is 2. The van der Waals surface area contributed by atoms with Gasteiger partial charge in [-0.1, -0.05) is 82.7 Å². The molecule has 222 valence electrons. The summed E-state index contributed by atoms with van der Waals surface area (Å²) < 4.78 is 31.3. The number of rotatable bonds is 15. The number of nitrogens with one attached hydrogen (secondary N) is 3. The summed E-state index contributed by atoms with van der Waals surface area (Å²) in [6, 6.07) is 4.69. The lowest BCUT2D eigenvalue weighted by atomic mass is 9.84. The Labute approximate surface area is 232 Å². The molecule has 0 radical (unpaired) electrons. The van der Waals surface area contributed by atoms with Crippen LogP contribution in [0.3, 0.4) is 0 Å². The summed E-state index contributed by atoms with van der Waals surface area (Å²) in [6.07, 6.45) is 0.125. The van der Waals surface area contributed by atoms with Crippen LogP contribution in [0.2, 0.25) is 0 Å². The zero-order valence-electron chi connectivity index (χ0n) is 22.9. The first-order valence-corrected chi connectivity index (χ1v) is 13.6. The van der Waals surface area contributed by atoms with Gasteiger partial charge >= 0.3 is 12.1 Å². The Hall–Kier alpha value is -3.57. The van der Waals surface area contributed by atoms with E-state index in [9.17, 15) is 32.8 Å². The molecule has 3 amide bonds. The third kappa shape index (κ3) is 10.9. The third-order valence-electron chi connectivity index (χ3n) is 7.17. The minimum Gasteiger partial charge on any atom is -0.475 e. The van der Waals surface area contributed by atoms with Gasteiger partial charge in [-0.2, -0.15) is 0 Å². The molecule has 0 spiro atoms. The van der Waals surface area contributed by atoms with E-state index in [1.807, 2.05) is 13.0 Å². The quantitative estimate of drug-likeness (QED) is 0.237. The number of aliphatic carboxylic acids is 1. The van der Waals surface area contributed by atoms with Gasteiger partial charge in [0.1, 0.15) is 24.7 Å². The first kappa shape index (κ1) is 32.6. The maximum absolute atomic E-state index is 13.4. The van der Waals surface area contributed by atoms with Crippen molar-refractivity contribution in [2.45, 2.75) is 96.4 Å². The van der Waals surface area contributed by atoms with Gasteiger partial charge in [-0.15, -0.1) is 0 Å². The van der Waals surface area contributed by atoms with E-state index >= 15 is 0 Å². The highest BCUT2D eigenvalue weighted by molar-refractivity contribution is 6.35. The summed E-state index contributed by atoms with van der Waals surface area (Å²) in [5.74, 6) is -5.45. The fourth-order valence-electron chi connectivity index (χ4n) is 4.67. The minimum absolute atomic E-state index is 0.0165. The molecular weight excluding hydrogens is 528 g/mol. The third-order valence-corrected chi connectivity index (χ3v) is 7.17. The first-order chi connectivity index (χ1) is 19.0. The number of hydrogen-bond donors (Lipinski definition) is 4. The van der Waals surface area contributed by atoms with Crippen LogP contribution in [-0.4, -0.2) is 59.3 Å². The predicted octanol–water partition coefficient (Wildman–Crippen LogP) is 3.58. The molecule has 0 aliphatic heterocycles. The van der Waals surface area contributed by atoms with Crippen molar-refractivity contribution in [3.63, 3.8) is 0 Å². The molecule has 0 bridgehead atoms. The molecule has 2 rings (SSSR count). The van der Waals surface area contributed by atoms with Gasteiger partial charge in [0.15, 0.2) is 0 Å². The molecule has 4 N–H and O–H groups in total. The van der Waals surface area contributed by atoms with Crippen LogP contribution in [0.25, 0.3) is 0 Å². The second-order valence-corrected chi connectivity index (χ2v) is 10.2. The number of carbonyl (C=O) groups excluding carboxylic acids is 4. The monoisotopic (exact) mass is 567 g/mol. The van der Waals surface area contributed by atoms with Crippen molar-refractivity contribution in [3.05, 3.63) is 35.9 Å². The lowest BCUT2D eigenvalue weighted by Gasteiger charge is -2.30. The average Bonchev–Trinajstić information content (AvgIpc) is 2.93. The highest BCUT2D eigenvalue weighted by atomic mass is 19.3. The predicted molar refractivity (Wildman–Crippen MR) is 141 cm³/mol. The number of amides is 3. The van der Waals surface area contributed by atoms with Crippen molar-refractivity contribution < 1.29 is 42.6 Å². The fraction of sp³-hybridized carbons (Fsp3) is 0.607. The van der Waals surface area contributed by atoms with E-state index in [0.29, 0.717) is 6.42 Å². The Morgan fingerprint density at radius 1 is 0.950 bits per heavy atom. The second kappa shape index (κ2) is 16.5. The van der Waals surface area contributed by atoms with Crippen LogP contribution in [0.1, 0.15) is 70.8 Å². The van der Waals surface area contributed by atoms with Crippen LogP contribution in [0, 0.1) is 11.8 Å². The summed E-state index contributed by atoms with van der Waals surface area (Å²) in [6.45, 7) is 3.54. The van der Waals surface area contributed by atoms with E-state index in [1.54, 1.807) is 31.2 Å². The highest BCUT2D eigenvalue weighted by Gasteiger charge is 2.35. The molecule has 1 aromatic rings. The van der Waals surface area contributed by atoms with Gasteiger partial charge in [0.05, 0.1) is 0 Å². The molecule has 0 saturated heterocycles. The number of alkyl carbamates (subject to hydrolysis) is 1. The molecule has 12 heteroatoms. The standard InChI is InChI=1S/C28H39F2N3O7/c1-3-17(2)23(33-28(39)40-16-19-12-8-5-9-13-19)26(36)32-21(14-18-10-6-4-7-11-18)25(35)31-20(15-22(29)30)24(34)27(37)38/h5,8-9,12-13,17-18,20-23H,3-4,6-7,10-11,14-16H2,1-2H3,(H,31,35)(H,32,36)(H,33,39)(H,37,38)/t17?,20?,21-,23-/m0/s1. The van der Waals surface area contributed by atoms with Crippen molar-refractivity contribution in [1.82, 2.24) is 16.0 Å². The van der Waals surface area contributed by atoms with E-state index in [-0.39, 0.29) is 24.9 Å². The zero-order chi connectivity index (χ0) is 29.7. The number of hydrogen-bond acceptors (Lipinski definition) is 6. The lowest BCUT2D eigenvalue weighted by molar-refractivity contribution is -0.151. The van der Waals surface area contributed by atoms with Gasteiger partial charge in [-0.3, -0.25) is 14.4 Å². The Balaban J connectivity index is 2.17. The Kier molecular flexibility index (Phi) is 13.5. The molecule has 1 aliphatic carbocycles. The maximum Gasteiger partial charge on any atom is 0.408 e. The smallest absolute Gasteiger partial charge is 0.408 e. The Bertz CT molecular complexity index is 1000. The summed E-state index contributed by atoms with van der Waals surface area (Å²) in [4.78, 5) is 62.2. The number of benzene rings is 1. The molecule has 10 nitrogen and oxygen atoms in total. The van der Waals surface area contributed by atoms with Gasteiger partial charge in [0.2, 0.25) is 18.2 Å². The van der Waals surface area contributed by atoms with Gasteiger partial charge in [0, 0.05) is 6.42 Å². The largest absolute Gasteiger partial charge is 0.475 e. The molecule has 40 heavy (non-hydrogen) atoms. The maximum atomic E-state index is 13.4. The lowest BCUT2D eigenvalue weighted by Crippen LogP contribution is -2.58. The Morgan fingerprint density at radius 2 is 1.57 bits per heavy atom. The molecule has 1 aromatic carbocycles. The first-order valence-electron chi connectivity index (χ1n) is 13.6. The van der Waals surface area contributed by atoms with E-state index in [4.69, 9.17) is 9.84 Å². The van der Waals surface area contributed by atoms with Crippen LogP contribution in [0.4, 0.5) is 13.6 Å². The molecule has 0 heterocycles. The molecule has 4 atom stereocenters. The van der Waals surface area contributed by atoms with Crippen molar-refractivity contribution in [2.24, 2.45) is 11.8 Å². The summed E-state index contributed by atoms with van der Waals surface area (Å²) in [5.41, 5.74) is 0.751. The van der Waals surface area contributed by atoms with Crippen LogP contribution >= 0.6 is 0 Å². The van der Waals surface area contributed by atoms with E-state index < -0.39 is 60.6 Å². The molecule has 1 fully saturated rings. The van der Waals surface area contributed by atoms with E-state index in [1.165, 1.54) is 0 Å². The highest BCUT2D eigenvalue weighted by Crippen LogP contribution is 2.27. The normalized spacial score (nSPS) is 16.7. The number of halogens is 2. The number of ether oxygens (including phenoxy) is 1. The zero-order valence-corrected chi connectivity index (χ0v) is 22.9. The topological polar surface area (TPSA) is 151 Å². The van der Waals surface area contributed by atoms with Crippen LogP contribution in [0.15, 0.2) is 30.3 Å². The van der Waals surface area contributed by atoms with Crippen molar-refractivity contribution >= 4 is 29.7 Å².